The number of nitrogens with zero attached hydrogens (tertiary/aromatic N) is 1. The minimum absolute atomic E-state index is 0.136. The third-order valence-electron chi connectivity index (χ3n) is 5.38. The fraction of sp³-hybridized carbons (Fsp3) is 0.0714. The Hall–Kier alpha value is -3.52. The molecule has 0 saturated heterocycles. The Bertz CT molecular complexity index is 1320. The maximum atomic E-state index is 13.4. The van der Waals surface area contributed by atoms with Crippen molar-refractivity contribution in [2.24, 2.45) is 5.10 Å². The molecule has 36 heavy (non-hydrogen) atoms. The van der Waals surface area contributed by atoms with Gasteiger partial charge >= 0.3 is 0 Å². The molecule has 0 aromatic heterocycles. The first-order chi connectivity index (χ1) is 17.4. The van der Waals surface area contributed by atoms with Gasteiger partial charge in [-0.15, -0.1) is 0 Å². The molecule has 5 nitrogen and oxygen atoms in total. The average molecular weight is 568 g/mol. The molecule has 1 amide bonds. The van der Waals surface area contributed by atoms with Gasteiger partial charge in [0.15, 0.2) is 11.4 Å². The van der Waals surface area contributed by atoms with Gasteiger partial charge in [-0.1, -0.05) is 84.4 Å². The molecule has 8 heteroatoms. The van der Waals surface area contributed by atoms with Gasteiger partial charge in [0, 0.05) is 0 Å². The number of halogens is 3. The van der Waals surface area contributed by atoms with Crippen LogP contribution in [0.1, 0.15) is 22.3 Å². The van der Waals surface area contributed by atoms with Crippen molar-refractivity contribution in [3.8, 4) is 5.75 Å². The Kier molecular flexibility index (Phi) is 8.15. The van der Waals surface area contributed by atoms with Gasteiger partial charge in [-0.2, -0.15) is 5.10 Å². The molecule has 0 spiro atoms. The second-order valence-electron chi connectivity index (χ2n) is 7.87. The number of nitrogens with one attached hydrogen (secondary N) is 1. The lowest BCUT2D eigenvalue weighted by molar-refractivity contribution is -0.136. The van der Waals surface area contributed by atoms with Gasteiger partial charge in [-0.25, -0.2) is 9.82 Å². The van der Waals surface area contributed by atoms with Gasteiger partial charge in [0.05, 0.1) is 15.7 Å². The van der Waals surface area contributed by atoms with Crippen molar-refractivity contribution in [2.75, 3.05) is 0 Å². The number of carbonyl (C=O) groups excluding carboxylic acids is 1. The lowest BCUT2D eigenvalue weighted by Gasteiger charge is -2.27. The lowest BCUT2D eigenvalue weighted by Crippen LogP contribution is -2.43. The number of aliphatic hydroxyl groups is 1. The van der Waals surface area contributed by atoms with Crippen LogP contribution < -0.4 is 10.2 Å². The standard InChI is InChI=1S/C28H21BrClFN2O3/c29-24-15-20(16-25(30)26(24)36-18-19-8-7-13-23(31)14-19)17-32-33-27(34)28(35,21-9-3-1-4-10-21)22-11-5-2-6-12-22/h1-17,35H,18H2,(H,33,34)/b32-17+. The van der Waals surface area contributed by atoms with Crippen molar-refractivity contribution in [1.29, 1.82) is 0 Å². The summed E-state index contributed by atoms with van der Waals surface area (Å²) in [5.74, 6) is -0.665. The second-order valence-corrected chi connectivity index (χ2v) is 9.14. The van der Waals surface area contributed by atoms with Crippen LogP contribution in [0.3, 0.4) is 0 Å². The van der Waals surface area contributed by atoms with Crippen LogP contribution in [0.2, 0.25) is 5.02 Å². The molecule has 4 aromatic rings. The quantitative estimate of drug-likeness (QED) is 0.197. The second kappa shape index (κ2) is 11.5. The number of ether oxygens (including phenoxy) is 1. The van der Waals surface area contributed by atoms with Crippen LogP contribution in [-0.4, -0.2) is 17.2 Å². The van der Waals surface area contributed by atoms with Gasteiger partial charge in [0.1, 0.15) is 12.4 Å². The largest absolute Gasteiger partial charge is 0.486 e. The molecule has 0 radical (unpaired) electrons. The zero-order valence-corrected chi connectivity index (χ0v) is 21.2. The van der Waals surface area contributed by atoms with E-state index in [4.69, 9.17) is 16.3 Å². The number of benzene rings is 4. The molecule has 0 atom stereocenters. The Morgan fingerprint density at radius 2 is 1.64 bits per heavy atom. The van der Waals surface area contributed by atoms with Crippen LogP contribution in [-0.2, 0) is 17.0 Å². The van der Waals surface area contributed by atoms with E-state index in [0.29, 0.717) is 37.5 Å². The SMILES string of the molecule is O=C(N/N=C/c1cc(Cl)c(OCc2cccc(F)c2)c(Br)c1)C(O)(c1ccccc1)c1ccccc1. The topological polar surface area (TPSA) is 70.9 Å². The first kappa shape index (κ1) is 25.6. The zero-order chi connectivity index (χ0) is 25.5. The van der Waals surface area contributed by atoms with E-state index in [-0.39, 0.29) is 12.4 Å². The molecule has 4 rings (SSSR count). The normalized spacial score (nSPS) is 11.4. The number of hydrogen-bond acceptors (Lipinski definition) is 4. The number of amides is 1. The van der Waals surface area contributed by atoms with Gasteiger partial charge in [0.2, 0.25) is 0 Å². The van der Waals surface area contributed by atoms with Crippen molar-refractivity contribution >= 4 is 39.7 Å². The highest BCUT2D eigenvalue weighted by Crippen LogP contribution is 2.35. The number of hydrazone groups is 1. The summed E-state index contributed by atoms with van der Waals surface area (Å²) < 4.78 is 19.7. The van der Waals surface area contributed by atoms with Crippen LogP contribution in [0.4, 0.5) is 4.39 Å². The highest BCUT2D eigenvalue weighted by molar-refractivity contribution is 9.10. The van der Waals surface area contributed by atoms with Crippen molar-refractivity contribution < 1.29 is 19.0 Å². The minimum Gasteiger partial charge on any atom is -0.486 e. The van der Waals surface area contributed by atoms with Crippen LogP contribution in [0.5, 0.6) is 5.75 Å². The van der Waals surface area contributed by atoms with Crippen molar-refractivity contribution in [3.05, 3.63) is 135 Å². The average Bonchev–Trinajstić information content (AvgIpc) is 2.88. The number of hydrogen-bond donors (Lipinski definition) is 2. The fourth-order valence-electron chi connectivity index (χ4n) is 3.61. The molecule has 0 saturated carbocycles. The Balaban J connectivity index is 1.49. The maximum absolute atomic E-state index is 13.4. The predicted molar refractivity (Wildman–Crippen MR) is 142 cm³/mol. The molecule has 2 N–H and O–H groups in total. The summed E-state index contributed by atoms with van der Waals surface area (Å²) in [5.41, 5.74) is 2.55. The molecule has 0 bridgehead atoms. The minimum atomic E-state index is -1.94. The Morgan fingerprint density at radius 1 is 1.00 bits per heavy atom. The number of rotatable bonds is 8. The van der Waals surface area contributed by atoms with Gasteiger partial charge in [0.25, 0.3) is 5.91 Å². The maximum Gasteiger partial charge on any atom is 0.281 e. The third-order valence-corrected chi connectivity index (χ3v) is 6.25. The summed E-state index contributed by atoms with van der Waals surface area (Å²) in [6, 6.07) is 26.7. The molecule has 0 aliphatic heterocycles. The monoisotopic (exact) mass is 566 g/mol. The van der Waals surface area contributed by atoms with Gasteiger partial charge in [-0.05, 0) is 62.4 Å². The Morgan fingerprint density at radius 3 is 2.22 bits per heavy atom. The molecule has 182 valence electrons. The molecule has 0 aliphatic carbocycles. The summed E-state index contributed by atoms with van der Waals surface area (Å²) >= 11 is 9.82. The van der Waals surface area contributed by atoms with E-state index in [2.05, 4.69) is 26.5 Å². The van der Waals surface area contributed by atoms with Crippen LogP contribution in [0, 0.1) is 5.82 Å². The lowest BCUT2D eigenvalue weighted by atomic mass is 9.85. The van der Waals surface area contributed by atoms with E-state index >= 15 is 0 Å². The summed E-state index contributed by atoms with van der Waals surface area (Å²) in [5, 5.41) is 15.8. The Labute approximate surface area is 221 Å². The van der Waals surface area contributed by atoms with Crippen LogP contribution in [0.15, 0.2) is 107 Å². The molecular formula is C28H21BrClFN2O3. The predicted octanol–water partition coefficient (Wildman–Crippen LogP) is 6.21. The molecule has 4 aromatic carbocycles. The molecule has 0 aliphatic rings. The fourth-order valence-corrected chi connectivity index (χ4v) is 4.60. The van der Waals surface area contributed by atoms with Gasteiger partial charge < -0.3 is 9.84 Å². The van der Waals surface area contributed by atoms with E-state index in [9.17, 15) is 14.3 Å². The first-order valence-corrected chi connectivity index (χ1v) is 12.1. The van der Waals surface area contributed by atoms with E-state index in [0.717, 1.165) is 0 Å². The molecular weight excluding hydrogens is 547 g/mol. The van der Waals surface area contributed by atoms with E-state index in [1.54, 1.807) is 84.9 Å². The summed E-state index contributed by atoms with van der Waals surface area (Å²) in [7, 11) is 0. The van der Waals surface area contributed by atoms with E-state index in [1.165, 1.54) is 18.3 Å². The highest BCUT2D eigenvalue weighted by atomic mass is 79.9. The van der Waals surface area contributed by atoms with Crippen LogP contribution >= 0.6 is 27.5 Å². The summed E-state index contributed by atoms with van der Waals surface area (Å²) in [6.45, 7) is 0.136. The number of carbonyl (C=O) groups is 1. The first-order valence-electron chi connectivity index (χ1n) is 10.9. The van der Waals surface area contributed by atoms with E-state index < -0.39 is 11.5 Å². The summed E-state index contributed by atoms with van der Waals surface area (Å²) in [4.78, 5) is 13.1. The smallest absolute Gasteiger partial charge is 0.281 e. The van der Waals surface area contributed by atoms with Crippen LogP contribution in [0.25, 0.3) is 0 Å². The van der Waals surface area contributed by atoms with Gasteiger partial charge in [-0.3, -0.25) is 4.79 Å². The highest BCUT2D eigenvalue weighted by Gasteiger charge is 2.39. The van der Waals surface area contributed by atoms with Crippen molar-refractivity contribution in [2.45, 2.75) is 12.2 Å². The van der Waals surface area contributed by atoms with Crippen molar-refractivity contribution in [1.82, 2.24) is 5.43 Å². The van der Waals surface area contributed by atoms with E-state index in [1.807, 2.05) is 0 Å². The molecule has 0 unspecified atom stereocenters. The third kappa shape index (κ3) is 5.82. The van der Waals surface area contributed by atoms with Crippen molar-refractivity contribution in [3.63, 3.8) is 0 Å². The molecule has 0 fully saturated rings. The molecule has 0 heterocycles. The zero-order valence-electron chi connectivity index (χ0n) is 18.9. The summed E-state index contributed by atoms with van der Waals surface area (Å²) in [6.07, 6.45) is 1.40.